The number of nitrogens with two attached hydrogens (primary N) is 2. The molecule has 1 aromatic carbocycles. The molecule has 1 aromatic rings. The first-order valence-electron chi connectivity index (χ1n) is 9.79. The van der Waals surface area contributed by atoms with E-state index < -0.39 is 5.97 Å². The Morgan fingerprint density at radius 1 is 1.15 bits per heavy atom. The van der Waals surface area contributed by atoms with Gasteiger partial charge in [-0.05, 0) is 68.6 Å². The van der Waals surface area contributed by atoms with Crippen LogP contribution in [0.15, 0.2) is 35.0 Å². The second-order valence-corrected chi connectivity index (χ2v) is 8.77. The van der Waals surface area contributed by atoms with E-state index in [4.69, 9.17) is 16.7 Å². The number of carbonyl (C=O) groups is 1. The lowest BCUT2D eigenvalue weighted by Crippen LogP contribution is -2.30. The lowest BCUT2D eigenvalue weighted by molar-refractivity contribution is -0.133. The molecule has 7 heteroatoms. The molecule has 2 aliphatic rings. The molecule has 0 amide bonds. The van der Waals surface area contributed by atoms with E-state index in [1.54, 1.807) is 0 Å². The topological polar surface area (TPSA) is 105 Å². The number of nitrogens with zero attached hydrogens (tertiary/aromatic N) is 1. The van der Waals surface area contributed by atoms with Crippen LogP contribution in [0.25, 0.3) is 0 Å². The molecule has 1 saturated heterocycles. The van der Waals surface area contributed by atoms with E-state index in [2.05, 4.69) is 34.6 Å². The van der Waals surface area contributed by atoms with E-state index in [1.807, 2.05) is 0 Å². The average Bonchev–Trinajstić information content (AvgIpc) is 2.69. The summed E-state index contributed by atoms with van der Waals surface area (Å²) in [5.41, 5.74) is 10.8. The Labute approximate surface area is 165 Å². The van der Waals surface area contributed by atoms with Crippen LogP contribution in [0.2, 0.25) is 0 Å². The highest BCUT2D eigenvalue weighted by molar-refractivity contribution is 8.03. The van der Waals surface area contributed by atoms with Crippen LogP contribution >= 0.6 is 11.8 Å². The number of hydrazine groups is 1. The Hall–Kier alpha value is -1.86. The Kier molecular flexibility index (Phi) is 6.90. The highest BCUT2D eigenvalue weighted by atomic mass is 32.2. The van der Waals surface area contributed by atoms with Crippen molar-refractivity contribution < 1.29 is 9.90 Å². The smallest absolute Gasteiger partial charge is 0.356 e. The highest BCUT2D eigenvalue weighted by Crippen LogP contribution is 2.40. The molecule has 1 aliphatic heterocycles. The molecule has 2 fully saturated rings. The lowest BCUT2D eigenvalue weighted by atomic mass is 9.83. The van der Waals surface area contributed by atoms with Gasteiger partial charge < -0.3 is 21.2 Å². The van der Waals surface area contributed by atoms with Crippen molar-refractivity contribution in [3.63, 3.8) is 0 Å². The van der Waals surface area contributed by atoms with Gasteiger partial charge in [-0.2, -0.15) is 0 Å². The zero-order valence-corrected chi connectivity index (χ0v) is 16.5. The van der Waals surface area contributed by atoms with Gasteiger partial charge in [0.2, 0.25) is 0 Å². The maximum absolute atomic E-state index is 11.1. The number of carboxylic acids is 1. The van der Waals surface area contributed by atoms with E-state index >= 15 is 0 Å². The summed E-state index contributed by atoms with van der Waals surface area (Å²) in [4.78, 5) is 13.6. The van der Waals surface area contributed by atoms with Crippen LogP contribution < -0.4 is 21.9 Å². The van der Waals surface area contributed by atoms with Crippen LogP contribution in [-0.2, 0) is 4.79 Å². The Morgan fingerprint density at radius 3 is 2.48 bits per heavy atom. The van der Waals surface area contributed by atoms with Crippen molar-refractivity contribution in [2.24, 2.45) is 11.6 Å². The number of nitrogens with one attached hydrogen (secondary N) is 1. The minimum absolute atomic E-state index is 0.114. The summed E-state index contributed by atoms with van der Waals surface area (Å²) in [6, 6.07) is 9.04. The summed E-state index contributed by atoms with van der Waals surface area (Å²) in [5, 5.41) is 9.71. The molecule has 6 N–H and O–H groups in total. The SMILES string of the molecule is NN/C(C(=O)O)=C(\N)SC1CCC(c2cccc(N3CCCCC3)c2)CC1. The summed E-state index contributed by atoms with van der Waals surface area (Å²) in [6.45, 7) is 2.33. The third kappa shape index (κ3) is 5.11. The van der Waals surface area contributed by atoms with E-state index in [-0.39, 0.29) is 10.7 Å². The molecule has 1 saturated carbocycles. The number of anilines is 1. The third-order valence-corrected chi connectivity index (χ3v) is 6.90. The van der Waals surface area contributed by atoms with E-state index in [0.29, 0.717) is 11.2 Å². The number of aliphatic carboxylic acids is 1. The Balaban J connectivity index is 1.58. The maximum Gasteiger partial charge on any atom is 0.356 e. The summed E-state index contributed by atoms with van der Waals surface area (Å²) in [6.07, 6.45) is 8.19. The minimum atomic E-state index is -1.12. The van der Waals surface area contributed by atoms with Gasteiger partial charge in [0.15, 0.2) is 5.70 Å². The van der Waals surface area contributed by atoms with Crippen molar-refractivity contribution in [2.75, 3.05) is 18.0 Å². The van der Waals surface area contributed by atoms with E-state index in [0.717, 1.165) is 25.7 Å². The van der Waals surface area contributed by atoms with Gasteiger partial charge in [0.25, 0.3) is 0 Å². The molecular weight excluding hydrogens is 360 g/mol. The Morgan fingerprint density at radius 2 is 1.85 bits per heavy atom. The maximum atomic E-state index is 11.1. The summed E-state index contributed by atoms with van der Waals surface area (Å²) < 4.78 is 0. The molecule has 0 bridgehead atoms. The number of hydrogen-bond acceptors (Lipinski definition) is 6. The third-order valence-electron chi connectivity index (χ3n) is 5.64. The number of rotatable bonds is 6. The fraction of sp³-hybridized carbons (Fsp3) is 0.550. The van der Waals surface area contributed by atoms with Crippen molar-refractivity contribution >= 4 is 23.4 Å². The van der Waals surface area contributed by atoms with E-state index in [9.17, 15) is 4.79 Å². The van der Waals surface area contributed by atoms with Crippen LogP contribution in [0.3, 0.4) is 0 Å². The predicted octanol–water partition coefficient (Wildman–Crippen LogP) is 3.11. The molecular formula is C20H30N4O2S. The molecule has 6 nitrogen and oxygen atoms in total. The van der Waals surface area contributed by atoms with E-state index in [1.165, 1.54) is 55.4 Å². The molecule has 27 heavy (non-hydrogen) atoms. The lowest BCUT2D eigenvalue weighted by Gasteiger charge is -2.31. The van der Waals surface area contributed by atoms with Gasteiger partial charge in [0, 0.05) is 24.0 Å². The number of piperidine rings is 1. The fourth-order valence-electron chi connectivity index (χ4n) is 4.12. The molecule has 148 valence electrons. The first kappa shape index (κ1) is 19.9. The van der Waals surface area contributed by atoms with Crippen LogP contribution in [0, 0.1) is 0 Å². The predicted molar refractivity (Wildman–Crippen MR) is 111 cm³/mol. The van der Waals surface area contributed by atoms with Crippen LogP contribution in [-0.4, -0.2) is 29.4 Å². The highest BCUT2D eigenvalue weighted by Gasteiger charge is 2.25. The van der Waals surface area contributed by atoms with Crippen LogP contribution in [0.1, 0.15) is 56.4 Å². The van der Waals surface area contributed by atoms with Gasteiger partial charge in [-0.25, -0.2) is 4.79 Å². The van der Waals surface area contributed by atoms with Crippen molar-refractivity contribution in [1.82, 2.24) is 5.43 Å². The number of carboxylic acid groups (broad SMARTS) is 1. The number of benzene rings is 1. The zero-order valence-electron chi connectivity index (χ0n) is 15.7. The van der Waals surface area contributed by atoms with Gasteiger partial charge >= 0.3 is 5.97 Å². The normalized spacial score (nSPS) is 24.3. The number of hydrogen-bond donors (Lipinski definition) is 4. The molecule has 0 atom stereocenters. The molecule has 0 spiro atoms. The van der Waals surface area contributed by atoms with Crippen LogP contribution in [0.5, 0.6) is 0 Å². The van der Waals surface area contributed by atoms with Gasteiger partial charge in [0.05, 0.1) is 5.03 Å². The van der Waals surface area contributed by atoms with Crippen molar-refractivity contribution in [3.05, 3.63) is 40.6 Å². The molecule has 0 unspecified atom stereocenters. The molecule has 1 heterocycles. The first-order valence-corrected chi connectivity index (χ1v) is 10.7. The monoisotopic (exact) mass is 390 g/mol. The molecule has 0 radical (unpaired) electrons. The second kappa shape index (κ2) is 9.37. The van der Waals surface area contributed by atoms with Crippen molar-refractivity contribution in [1.29, 1.82) is 0 Å². The standard InChI is InChI=1S/C20H30N4O2S/c21-19(18(23-22)20(25)26)27-17-9-7-14(8-10-17)15-5-4-6-16(13-15)24-11-2-1-3-12-24/h4-6,13-14,17,23H,1-3,7-12,21-22H2,(H,25,26)/b19-18+. The molecule has 1 aliphatic carbocycles. The van der Waals surface area contributed by atoms with Gasteiger partial charge in [-0.15, -0.1) is 11.8 Å². The quantitative estimate of drug-likeness (QED) is 0.336. The summed E-state index contributed by atoms with van der Waals surface area (Å²) in [5.74, 6) is 4.72. The minimum Gasteiger partial charge on any atom is -0.476 e. The second-order valence-electron chi connectivity index (χ2n) is 7.42. The van der Waals surface area contributed by atoms with Gasteiger partial charge in [-0.1, -0.05) is 12.1 Å². The fourth-order valence-corrected chi connectivity index (χ4v) is 5.25. The zero-order chi connectivity index (χ0) is 19.2. The van der Waals surface area contributed by atoms with Gasteiger partial charge in [0.1, 0.15) is 0 Å². The van der Waals surface area contributed by atoms with Crippen LogP contribution in [0.4, 0.5) is 5.69 Å². The average molecular weight is 391 g/mol. The summed E-state index contributed by atoms with van der Waals surface area (Å²) in [7, 11) is 0. The number of thioether (sulfide) groups is 1. The molecule has 0 aromatic heterocycles. The Bertz CT molecular complexity index is 680. The summed E-state index contributed by atoms with van der Waals surface area (Å²) >= 11 is 1.43. The van der Waals surface area contributed by atoms with Crippen molar-refractivity contribution in [2.45, 2.75) is 56.1 Å². The first-order chi connectivity index (χ1) is 13.1. The largest absolute Gasteiger partial charge is 0.476 e. The van der Waals surface area contributed by atoms with Gasteiger partial charge in [-0.3, -0.25) is 5.84 Å². The van der Waals surface area contributed by atoms with Crippen molar-refractivity contribution in [3.8, 4) is 0 Å². The molecule has 3 rings (SSSR count).